The first-order chi connectivity index (χ1) is 7.68. The summed E-state index contributed by atoms with van der Waals surface area (Å²) in [5.74, 6) is 3.70. The Hall–Kier alpha value is 0.310. The number of hydrogen-bond donors (Lipinski definition) is 1. The van der Waals surface area contributed by atoms with Crippen LogP contribution in [0.4, 0.5) is 0 Å². The molecule has 0 aromatic carbocycles. The van der Waals surface area contributed by atoms with Crippen LogP contribution in [-0.4, -0.2) is 24.1 Å². The molecule has 1 aliphatic carbocycles. The van der Waals surface area contributed by atoms with Gasteiger partial charge >= 0.3 is 0 Å². The molecule has 0 bridgehead atoms. The van der Waals surface area contributed by atoms with Gasteiger partial charge in [-0.05, 0) is 48.5 Å². The van der Waals surface area contributed by atoms with E-state index in [1.807, 2.05) is 0 Å². The third-order valence-corrected chi connectivity index (χ3v) is 5.58. The monoisotopic (exact) mass is 241 g/mol. The van der Waals surface area contributed by atoms with Crippen LogP contribution in [0.2, 0.25) is 0 Å². The molecule has 0 aromatic heterocycles. The highest BCUT2D eigenvalue weighted by Gasteiger charge is 2.32. The van der Waals surface area contributed by atoms with Crippen LogP contribution in [-0.2, 0) is 0 Å². The molecule has 2 rings (SSSR count). The van der Waals surface area contributed by atoms with E-state index in [1.165, 1.54) is 56.6 Å². The maximum atomic E-state index is 3.83. The lowest BCUT2D eigenvalue weighted by atomic mass is 9.77. The second-order valence-corrected chi connectivity index (χ2v) is 7.46. The van der Waals surface area contributed by atoms with Crippen LogP contribution in [0.25, 0.3) is 0 Å². The van der Waals surface area contributed by atoms with Gasteiger partial charge in [-0.2, -0.15) is 11.8 Å². The highest BCUT2D eigenvalue weighted by Crippen LogP contribution is 2.39. The Bertz CT molecular complexity index is 203. The summed E-state index contributed by atoms with van der Waals surface area (Å²) in [6.07, 6.45) is 8.63. The van der Waals surface area contributed by atoms with E-state index >= 15 is 0 Å². The van der Waals surface area contributed by atoms with Crippen molar-refractivity contribution in [2.75, 3.05) is 18.1 Å². The molecule has 1 heterocycles. The normalized spacial score (nSPS) is 25.1. The van der Waals surface area contributed by atoms with Crippen LogP contribution in [0.15, 0.2) is 0 Å². The maximum Gasteiger partial charge on any atom is 0.00830 e. The van der Waals surface area contributed by atoms with Crippen LogP contribution < -0.4 is 5.32 Å². The summed E-state index contributed by atoms with van der Waals surface area (Å²) in [6.45, 7) is 6.16. The molecule has 2 aliphatic rings. The minimum absolute atomic E-state index is 0.515. The Balaban J connectivity index is 1.74. The smallest absolute Gasteiger partial charge is 0.00830 e. The molecule has 94 valence electrons. The molecule has 1 aliphatic heterocycles. The quantitative estimate of drug-likeness (QED) is 0.805. The Labute approximate surface area is 105 Å². The van der Waals surface area contributed by atoms with Gasteiger partial charge in [-0.25, -0.2) is 0 Å². The topological polar surface area (TPSA) is 12.0 Å². The summed E-state index contributed by atoms with van der Waals surface area (Å²) in [7, 11) is 0. The molecule has 2 fully saturated rings. The fourth-order valence-corrected chi connectivity index (χ4v) is 4.27. The minimum Gasteiger partial charge on any atom is -0.313 e. The molecule has 1 saturated carbocycles. The third-order valence-electron chi connectivity index (χ3n) is 4.53. The fraction of sp³-hybridized carbons (Fsp3) is 1.00. The van der Waals surface area contributed by atoms with Crippen molar-refractivity contribution in [3.8, 4) is 0 Å². The standard InChI is InChI=1S/C14H27NS/c1-14(2,12-5-3-4-6-12)11-15-13-7-9-16-10-8-13/h12-13,15H,3-11H2,1-2H3. The van der Waals surface area contributed by atoms with Gasteiger partial charge in [-0.15, -0.1) is 0 Å². The lowest BCUT2D eigenvalue weighted by Gasteiger charge is -2.34. The van der Waals surface area contributed by atoms with Crippen LogP contribution in [0.5, 0.6) is 0 Å². The maximum absolute atomic E-state index is 3.83. The highest BCUT2D eigenvalue weighted by molar-refractivity contribution is 7.99. The van der Waals surface area contributed by atoms with Crippen molar-refractivity contribution in [1.29, 1.82) is 0 Å². The van der Waals surface area contributed by atoms with E-state index in [0.29, 0.717) is 5.41 Å². The molecule has 0 atom stereocenters. The summed E-state index contributed by atoms with van der Waals surface area (Å²) in [5.41, 5.74) is 0.515. The second-order valence-electron chi connectivity index (χ2n) is 6.24. The predicted molar refractivity (Wildman–Crippen MR) is 74.1 cm³/mol. The SMILES string of the molecule is CC(C)(CNC1CCSCC1)C1CCCC1. The fourth-order valence-electron chi connectivity index (χ4n) is 3.16. The molecule has 1 saturated heterocycles. The van der Waals surface area contributed by atoms with E-state index in [2.05, 4.69) is 30.9 Å². The van der Waals surface area contributed by atoms with Crippen LogP contribution >= 0.6 is 11.8 Å². The largest absolute Gasteiger partial charge is 0.313 e. The highest BCUT2D eigenvalue weighted by atomic mass is 32.2. The first-order valence-corrected chi connectivity index (χ1v) is 8.15. The van der Waals surface area contributed by atoms with Crippen LogP contribution in [0.3, 0.4) is 0 Å². The molecule has 16 heavy (non-hydrogen) atoms. The Morgan fingerprint density at radius 3 is 2.31 bits per heavy atom. The van der Waals surface area contributed by atoms with Gasteiger partial charge in [0.1, 0.15) is 0 Å². The van der Waals surface area contributed by atoms with Gasteiger partial charge in [0.25, 0.3) is 0 Å². The zero-order chi connectivity index (χ0) is 11.4. The number of thioether (sulfide) groups is 1. The van der Waals surface area contributed by atoms with Crippen molar-refractivity contribution >= 4 is 11.8 Å². The van der Waals surface area contributed by atoms with Crippen molar-refractivity contribution in [2.45, 2.75) is 58.4 Å². The molecule has 0 radical (unpaired) electrons. The molecule has 0 spiro atoms. The summed E-state index contributed by atoms with van der Waals surface area (Å²) in [4.78, 5) is 0. The lowest BCUT2D eigenvalue weighted by molar-refractivity contribution is 0.198. The van der Waals surface area contributed by atoms with Gasteiger partial charge in [0.05, 0.1) is 0 Å². The first-order valence-electron chi connectivity index (χ1n) is 6.99. The van der Waals surface area contributed by atoms with Gasteiger partial charge in [-0.3, -0.25) is 0 Å². The van der Waals surface area contributed by atoms with E-state index in [-0.39, 0.29) is 0 Å². The Morgan fingerprint density at radius 1 is 1.06 bits per heavy atom. The second kappa shape index (κ2) is 5.77. The van der Waals surface area contributed by atoms with Gasteiger partial charge < -0.3 is 5.32 Å². The molecular weight excluding hydrogens is 214 g/mol. The number of nitrogens with one attached hydrogen (secondary N) is 1. The van der Waals surface area contributed by atoms with Crippen molar-refractivity contribution < 1.29 is 0 Å². The summed E-state index contributed by atoms with van der Waals surface area (Å²) >= 11 is 2.12. The van der Waals surface area contributed by atoms with Crippen molar-refractivity contribution in [3.05, 3.63) is 0 Å². The molecule has 0 unspecified atom stereocenters. The van der Waals surface area contributed by atoms with Crippen molar-refractivity contribution in [1.82, 2.24) is 5.32 Å². The molecule has 0 amide bonds. The third kappa shape index (κ3) is 3.40. The zero-order valence-electron chi connectivity index (χ0n) is 10.9. The molecule has 0 aromatic rings. The van der Waals surface area contributed by atoms with Gasteiger partial charge in [-0.1, -0.05) is 26.7 Å². The molecule has 1 N–H and O–H groups in total. The summed E-state index contributed by atoms with van der Waals surface area (Å²) in [5, 5.41) is 3.83. The number of hydrogen-bond acceptors (Lipinski definition) is 2. The average molecular weight is 241 g/mol. The molecule has 1 nitrogen and oxygen atoms in total. The average Bonchev–Trinajstić information content (AvgIpc) is 2.82. The minimum atomic E-state index is 0.515. The van der Waals surface area contributed by atoms with Crippen molar-refractivity contribution in [2.24, 2.45) is 11.3 Å². The predicted octanol–water partition coefficient (Wildman–Crippen LogP) is 3.69. The Morgan fingerprint density at radius 2 is 1.69 bits per heavy atom. The van der Waals surface area contributed by atoms with Crippen LogP contribution in [0, 0.1) is 11.3 Å². The number of rotatable bonds is 4. The van der Waals surface area contributed by atoms with Gasteiger partial charge in [0.2, 0.25) is 0 Å². The zero-order valence-corrected chi connectivity index (χ0v) is 11.7. The van der Waals surface area contributed by atoms with Gasteiger partial charge in [0.15, 0.2) is 0 Å². The first kappa shape index (κ1) is 12.8. The van der Waals surface area contributed by atoms with E-state index < -0.39 is 0 Å². The van der Waals surface area contributed by atoms with Crippen molar-refractivity contribution in [3.63, 3.8) is 0 Å². The van der Waals surface area contributed by atoms with E-state index in [1.54, 1.807) is 0 Å². The summed E-state index contributed by atoms with van der Waals surface area (Å²) in [6, 6.07) is 0.807. The van der Waals surface area contributed by atoms with E-state index in [4.69, 9.17) is 0 Å². The van der Waals surface area contributed by atoms with Crippen LogP contribution in [0.1, 0.15) is 52.4 Å². The Kier molecular flexibility index (Phi) is 4.60. The molecular formula is C14H27NS. The molecule has 2 heteroatoms. The van der Waals surface area contributed by atoms with E-state index in [0.717, 1.165) is 12.0 Å². The lowest BCUT2D eigenvalue weighted by Crippen LogP contribution is -2.41. The van der Waals surface area contributed by atoms with E-state index in [9.17, 15) is 0 Å². The van der Waals surface area contributed by atoms with Gasteiger partial charge in [0, 0.05) is 12.6 Å². The summed E-state index contributed by atoms with van der Waals surface area (Å²) < 4.78 is 0.